The van der Waals surface area contributed by atoms with Gasteiger partial charge in [0.05, 0.1) is 59.5 Å². The molecule has 424 valence electrons. The SMILES string of the molecule is O=C(N[C@H]1[C@@H](O[C@@]2(COCc3ccccc3)O[C@H](COCc3ccccc3)[C@@H](OCc3ccccc3)[C@@H]2OCc2ccccc2)O[C@H](COCc2ccccc2)[C@@H](OCc2ccccc2)[C@@H]1OCc1ccccc1)OCc1ccccc1. The van der Waals surface area contributed by atoms with Crippen LogP contribution in [-0.2, 0) is 105 Å². The Morgan fingerprint density at radius 2 is 0.720 bits per heavy atom. The van der Waals surface area contributed by atoms with Crippen LogP contribution < -0.4 is 5.32 Å². The predicted octanol–water partition coefficient (Wildman–Crippen LogP) is 12.1. The van der Waals surface area contributed by atoms with Gasteiger partial charge in [0.1, 0.15) is 55.9 Å². The van der Waals surface area contributed by atoms with Crippen molar-refractivity contribution in [1.29, 1.82) is 0 Å². The summed E-state index contributed by atoms with van der Waals surface area (Å²) in [5.41, 5.74) is 7.36. The highest BCUT2D eigenvalue weighted by Gasteiger charge is 2.62. The van der Waals surface area contributed by atoms with Crippen molar-refractivity contribution in [1.82, 2.24) is 5.32 Å². The van der Waals surface area contributed by atoms with Crippen molar-refractivity contribution in [2.24, 2.45) is 0 Å². The van der Waals surface area contributed by atoms with E-state index >= 15 is 0 Å². The van der Waals surface area contributed by atoms with Crippen LogP contribution in [0.15, 0.2) is 243 Å². The Balaban J connectivity index is 1.07. The van der Waals surface area contributed by atoms with Gasteiger partial charge in [-0.2, -0.15) is 0 Å². The fourth-order valence-corrected chi connectivity index (χ4v) is 10.1. The first-order valence-corrected chi connectivity index (χ1v) is 28.0. The highest BCUT2D eigenvalue weighted by atomic mass is 16.8. The van der Waals surface area contributed by atoms with Crippen LogP contribution in [0.1, 0.15) is 44.5 Å². The van der Waals surface area contributed by atoms with Crippen LogP contribution >= 0.6 is 0 Å². The monoisotopic (exact) mass is 1110 g/mol. The lowest BCUT2D eigenvalue weighted by molar-refractivity contribution is -0.379. The second kappa shape index (κ2) is 30.6. The van der Waals surface area contributed by atoms with E-state index in [-0.39, 0.29) is 66.1 Å². The maximum Gasteiger partial charge on any atom is 0.407 e. The fraction of sp³-hybridized carbons (Fsp3) is 0.290. The molecule has 2 heterocycles. The minimum atomic E-state index is -1.83. The van der Waals surface area contributed by atoms with Gasteiger partial charge in [-0.1, -0.05) is 243 Å². The minimum absolute atomic E-state index is 0.00787. The number of rotatable bonds is 29. The number of ether oxygens (including phenoxy) is 11. The van der Waals surface area contributed by atoms with Crippen LogP contribution in [0.3, 0.4) is 0 Å². The van der Waals surface area contributed by atoms with Gasteiger partial charge in [-0.25, -0.2) is 4.79 Å². The smallest absolute Gasteiger partial charge is 0.407 e. The summed E-state index contributed by atoms with van der Waals surface area (Å²) in [7, 11) is 0. The fourth-order valence-electron chi connectivity index (χ4n) is 10.1. The molecule has 10 rings (SSSR count). The van der Waals surface area contributed by atoms with Crippen LogP contribution in [0.4, 0.5) is 4.79 Å². The first kappa shape index (κ1) is 57.8. The molecule has 8 aromatic rings. The summed E-state index contributed by atoms with van der Waals surface area (Å²) < 4.78 is 76.5. The quantitative estimate of drug-likeness (QED) is 0.0479. The van der Waals surface area contributed by atoms with Crippen LogP contribution in [-0.4, -0.2) is 80.7 Å². The van der Waals surface area contributed by atoms with Crippen molar-refractivity contribution in [3.8, 4) is 0 Å². The van der Waals surface area contributed by atoms with Gasteiger partial charge in [0.25, 0.3) is 0 Å². The van der Waals surface area contributed by atoms with Crippen molar-refractivity contribution < 1.29 is 56.9 Å². The van der Waals surface area contributed by atoms with Gasteiger partial charge in [-0.05, 0) is 44.5 Å². The number of amides is 1. The van der Waals surface area contributed by atoms with Gasteiger partial charge in [0, 0.05) is 0 Å². The Bertz CT molecular complexity index is 3050. The zero-order valence-electron chi connectivity index (χ0n) is 45.9. The Kier molecular flexibility index (Phi) is 21.6. The predicted molar refractivity (Wildman–Crippen MR) is 309 cm³/mol. The minimum Gasteiger partial charge on any atom is -0.445 e. The lowest BCUT2D eigenvalue weighted by Gasteiger charge is -2.48. The molecular formula is C69H71NO12. The van der Waals surface area contributed by atoms with Crippen molar-refractivity contribution in [3.63, 3.8) is 0 Å². The van der Waals surface area contributed by atoms with Gasteiger partial charge in [-0.3, -0.25) is 0 Å². The van der Waals surface area contributed by atoms with E-state index in [2.05, 4.69) is 5.32 Å². The summed E-state index contributed by atoms with van der Waals surface area (Å²) in [4.78, 5) is 14.6. The Morgan fingerprint density at radius 3 is 1.15 bits per heavy atom. The number of benzene rings is 8. The first-order chi connectivity index (χ1) is 40.5. The number of carbonyl (C=O) groups excluding carboxylic acids is 1. The van der Waals surface area contributed by atoms with E-state index in [0.29, 0.717) is 6.61 Å². The second-order valence-electron chi connectivity index (χ2n) is 20.3. The lowest BCUT2D eigenvalue weighted by atomic mass is 9.95. The van der Waals surface area contributed by atoms with Crippen molar-refractivity contribution in [2.45, 2.75) is 108 Å². The average molecular weight is 1110 g/mol. The molecule has 1 N–H and O–H groups in total. The molecule has 13 heteroatoms. The molecule has 0 saturated carbocycles. The number of hydrogen-bond donors (Lipinski definition) is 1. The topological polar surface area (TPSA) is 131 Å². The summed E-state index contributed by atoms with van der Waals surface area (Å²) in [6, 6.07) is 77.7. The van der Waals surface area contributed by atoms with E-state index in [0.717, 1.165) is 44.5 Å². The standard InChI is InChI=1S/C69H71NO12/c71-68(79-48-59-39-23-8-24-40-59)70-62-65(77-46-57-35-19-6-20-36-57)63(75-44-55-31-15-4-16-32-55)60(49-72-41-52-25-9-1-10-26-52)80-67(62)82-69(51-74-43-54-29-13-3-14-30-54)66(78-47-58-37-21-7-22-38-58)64(76-45-56-33-17-5-18-34-56)61(81-69)50-73-42-53-27-11-2-12-28-53/h1-40,60-67H,41-51H2,(H,70,71)/t60-,61-,62-,63-,64-,65-,66+,67-,69-/m1/s1. The molecule has 0 bridgehead atoms. The molecule has 2 aliphatic heterocycles. The van der Waals surface area contributed by atoms with Crippen LogP contribution in [0.25, 0.3) is 0 Å². The molecule has 0 radical (unpaired) electrons. The Labute approximate surface area is 480 Å². The number of alkyl carbamates (subject to hydrolysis) is 1. The first-order valence-electron chi connectivity index (χ1n) is 28.0. The molecule has 0 aliphatic carbocycles. The number of hydrogen-bond acceptors (Lipinski definition) is 12. The molecule has 0 spiro atoms. The molecule has 0 aromatic heterocycles. The normalized spacial score (nSPS) is 22.3. The van der Waals surface area contributed by atoms with Gasteiger partial charge in [0.2, 0.25) is 5.79 Å². The van der Waals surface area contributed by atoms with E-state index in [4.69, 9.17) is 52.1 Å². The van der Waals surface area contributed by atoms with Crippen LogP contribution in [0.2, 0.25) is 0 Å². The van der Waals surface area contributed by atoms with Gasteiger partial charge < -0.3 is 57.4 Å². The molecule has 13 nitrogen and oxygen atoms in total. The molecule has 8 aromatic carbocycles. The number of carbonyl (C=O) groups is 1. The third-order valence-electron chi connectivity index (χ3n) is 14.2. The Morgan fingerprint density at radius 1 is 0.378 bits per heavy atom. The van der Waals surface area contributed by atoms with Gasteiger partial charge in [0.15, 0.2) is 6.29 Å². The van der Waals surface area contributed by atoms with Gasteiger partial charge in [-0.15, -0.1) is 0 Å². The number of nitrogens with one attached hydrogen (secondary N) is 1. The summed E-state index contributed by atoms with van der Waals surface area (Å²) >= 11 is 0. The molecule has 82 heavy (non-hydrogen) atoms. The highest BCUT2D eigenvalue weighted by molar-refractivity contribution is 5.67. The largest absolute Gasteiger partial charge is 0.445 e. The van der Waals surface area contributed by atoms with E-state index in [1.807, 2.05) is 243 Å². The average Bonchev–Trinajstić information content (AvgIpc) is 3.55. The van der Waals surface area contributed by atoms with Crippen LogP contribution in [0.5, 0.6) is 0 Å². The Hall–Kier alpha value is -7.37. The maximum atomic E-state index is 14.6. The third-order valence-corrected chi connectivity index (χ3v) is 14.2. The van der Waals surface area contributed by atoms with E-state index in [1.165, 1.54) is 0 Å². The molecule has 2 fully saturated rings. The zero-order chi connectivity index (χ0) is 55.9. The highest BCUT2D eigenvalue weighted by Crippen LogP contribution is 2.42. The molecule has 1 amide bonds. The van der Waals surface area contributed by atoms with Crippen LogP contribution in [0, 0.1) is 0 Å². The summed E-state index contributed by atoms with van der Waals surface area (Å²) in [5, 5.41) is 3.17. The molecule has 2 saturated heterocycles. The van der Waals surface area contributed by atoms with E-state index in [9.17, 15) is 4.79 Å². The van der Waals surface area contributed by atoms with Crippen molar-refractivity contribution in [2.75, 3.05) is 19.8 Å². The summed E-state index contributed by atoms with van der Waals surface area (Å²) in [6.07, 6.45) is -7.45. The van der Waals surface area contributed by atoms with E-state index < -0.39 is 60.8 Å². The summed E-state index contributed by atoms with van der Waals surface area (Å²) in [5.74, 6) is -1.83. The molecule has 0 unspecified atom stereocenters. The zero-order valence-corrected chi connectivity index (χ0v) is 45.9. The van der Waals surface area contributed by atoms with Crippen molar-refractivity contribution >= 4 is 6.09 Å². The summed E-state index contributed by atoms with van der Waals surface area (Å²) in [6.45, 7) is 1.38. The van der Waals surface area contributed by atoms with Crippen molar-refractivity contribution in [3.05, 3.63) is 287 Å². The van der Waals surface area contributed by atoms with Gasteiger partial charge >= 0.3 is 6.09 Å². The molecular weight excluding hydrogens is 1030 g/mol. The van der Waals surface area contributed by atoms with E-state index in [1.54, 1.807) is 0 Å². The molecule has 2 aliphatic rings. The lowest BCUT2D eigenvalue weighted by Crippen LogP contribution is -2.68. The maximum absolute atomic E-state index is 14.6. The second-order valence-corrected chi connectivity index (χ2v) is 20.3. The molecule has 9 atom stereocenters. The third kappa shape index (κ3) is 16.9.